The molecule has 110 valence electrons. The number of hydrogen-bond acceptors (Lipinski definition) is 4. The number of allylic oxidation sites excluding steroid dienone is 6. The Hall–Kier alpha value is 0.360. The quantitative estimate of drug-likeness (QED) is 0.389. The van der Waals surface area contributed by atoms with Crippen molar-refractivity contribution in [1.82, 2.24) is 0 Å². The Labute approximate surface area is 138 Å². The first-order valence-corrected chi connectivity index (χ1v) is 11.6. The third-order valence-corrected chi connectivity index (χ3v) is 11.2. The van der Waals surface area contributed by atoms with E-state index in [9.17, 15) is 0 Å². The minimum atomic E-state index is 0.248. The molecule has 0 radical (unpaired) electrons. The van der Waals surface area contributed by atoms with E-state index in [0.717, 1.165) is 12.8 Å². The minimum absolute atomic E-state index is 0.248. The van der Waals surface area contributed by atoms with Gasteiger partial charge in [-0.05, 0) is 60.2 Å². The van der Waals surface area contributed by atoms with Crippen LogP contribution in [-0.2, 0) is 0 Å². The summed E-state index contributed by atoms with van der Waals surface area (Å²) in [5.74, 6) is 0. The first-order valence-electron chi connectivity index (χ1n) is 6.83. The molecular formula is C16H22S4. The third kappa shape index (κ3) is 4.97. The Morgan fingerprint density at radius 1 is 0.800 bits per heavy atom. The predicted octanol–water partition coefficient (Wildman–Crippen LogP) is 6.99. The van der Waals surface area contributed by atoms with Gasteiger partial charge in [0.2, 0.25) is 0 Å². The van der Waals surface area contributed by atoms with Gasteiger partial charge in [-0.1, -0.05) is 69.2 Å². The van der Waals surface area contributed by atoms with Crippen LogP contribution in [0.15, 0.2) is 47.6 Å². The predicted molar refractivity (Wildman–Crippen MR) is 102 cm³/mol. The van der Waals surface area contributed by atoms with Crippen LogP contribution in [0.3, 0.4) is 0 Å². The first kappa shape index (κ1) is 16.7. The standard InChI is InChI=1S/C16H22S4/c1-13-5-9-15(3,10-6-13)17-19-20-18-16(4)11-7-14(2)8-12-16/h5-9,11H,10,12H2,1-4H3. The summed E-state index contributed by atoms with van der Waals surface area (Å²) in [6.45, 7) is 8.99. The van der Waals surface area contributed by atoms with Crippen LogP contribution in [0.25, 0.3) is 0 Å². The molecule has 0 bridgehead atoms. The monoisotopic (exact) mass is 342 g/mol. The Morgan fingerprint density at radius 3 is 1.50 bits per heavy atom. The summed E-state index contributed by atoms with van der Waals surface area (Å²) in [5, 5.41) is 0. The Kier molecular flexibility index (Phi) is 5.92. The van der Waals surface area contributed by atoms with Crippen molar-refractivity contribution in [3.63, 3.8) is 0 Å². The van der Waals surface area contributed by atoms with Crippen molar-refractivity contribution in [2.24, 2.45) is 0 Å². The molecule has 0 N–H and O–H groups in total. The molecule has 0 aromatic heterocycles. The average molecular weight is 343 g/mol. The van der Waals surface area contributed by atoms with E-state index < -0.39 is 0 Å². The van der Waals surface area contributed by atoms with E-state index in [-0.39, 0.29) is 9.49 Å². The van der Waals surface area contributed by atoms with Gasteiger partial charge < -0.3 is 0 Å². The number of rotatable bonds is 5. The van der Waals surface area contributed by atoms with Crippen LogP contribution < -0.4 is 0 Å². The second-order valence-corrected chi connectivity index (χ2v) is 12.6. The molecule has 2 unspecified atom stereocenters. The lowest BCUT2D eigenvalue weighted by Gasteiger charge is -2.28. The molecule has 2 atom stereocenters. The summed E-state index contributed by atoms with van der Waals surface area (Å²) in [6, 6.07) is 0. The zero-order valence-corrected chi connectivity index (χ0v) is 15.8. The Bertz CT molecular complexity index is 431. The molecule has 4 heteroatoms. The molecule has 0 nitrogen and oxygen atoms in total. The van der Waals surface area contributed by atoms with Gasteiger partial charge in [-0.3, -0.25) is 0 Å². The van der Waals surface area contributed by atoms with Crippen molar-refractivity contribution in [1.29, 1.82) is 0 Å². The Morgan fingerprint density at radius 2 is 1.20 bits per heavy atom. The largest absolute Gasteiger partial charge is 0.0799 e. The molecular weight excluding hydrogens is 320 g/mol. The van der Waals surface area contributed by atoms with Gasteiger partial charge in [0.1, 0.15) is 0 Å². The van der Waals surface area contributed by atoms with E-state index in [2.05, 4.69) is 64.2 Å². The lowest BCUT2D eigenvalue weighted by Crippen LogP contribution is -2.17. The zero-order valence-electron chi connectivity index (χ0n) is 12.5. The topological polar surface area (TPSA) is 0 Å². The van der Waals surface area contributed by atoms with Crippen molar-refractivity contribution in [2.75, 3.05) is 0 Å². The van der Waals surface area contributed by atoms with E-state index >= 15 is 0 Å². The highest BCUT2D eigenvalue weighted by molar-refractivity contribution is 9.26. The molecule has 20 heavy (non-hydrogen) atoms. The van der Waals surface area contributed by atoms with Crippen molar-refractivity contribution in [3.05, 3.63) is 47.6 Å². The van der Waals surface area contributed by atoms with E-state index in [1.807, 2.05) is 41.2 Å². The van der Waals surface area contributed by atoms with Crippen molar-refractivity contribution in [3.8, 4) is 0 Å². The molecule has 0 fully saturated rings. The van der Waals surface area contributed by atoms with Crippen LogP contribution in [0.4, 0.5) is 0 Å². The van der Waals surface area contributed by atoms with E-state index in [1.54, 1.807) is 0 Å². The maximum atomic E-state index is 2.35. The fraction of sp³-hybridized carbons (Fsp3) is 0.500. The van der Waals surface area contributed by atoms with E-state index in [0.29, 0.717) is 0 Å². The van der Waals surface area contributed by atoms with Crippen LogP contribution in [0.2, 0.25) is 0 Å². The molecule has 0 aliphatic heterocycles. The molecule has 0 heterocycles. The summed E-state index contributed by atoms with van der Waals surface area (Å²) < 4.78 is 0.495. The third-order valence-electron chi connectivity index (χ3n) is 3.53. The molecule has 2 aliphatic rings. The van der Waals surface area contributed by atoms with Crippen molar-refractivity contribution < 1.29 is 0 Å². The molecule has 2 aliphatic carbocycles. The van der Waals surface area contributed by atoms with E-state index in [4.69, 9.17) is 0 Å². The van der Waals surface area contributed by atoms with Crippen molar-refractivity contribution in [2.45, 2.75) is 50.0 Å². The zero-order chi connectivity index (χ0) is 14.6. The highest BCUT2D eigenvalue weighted by atomic mass is 33.7. The van der Waals surface area contributed by atoms with E-state index in [1.165, 1.54) is 11.1 Å². The molecule has 0 aromatic rings. The highest BCUT2D eigenvalue weighted by Gasteiger charge is 2.26. The second kappa shape index (κ2) is 7.08. The summed E-state index contributed by atoms with van der Waals surface area (Å²) in [6.07, 6.45) is 16.1. The maximum Gasteiger partial charge on any atom is 0.0460 e. The van der Waals surface area contributed by atoms with Gasteiger partial charge in [0.05, 0.1) is 0 Å². The van der Waals surface area contributed by atoms with Gasteiger partial charge in [0, 0.05) is 9.49 Å². The van der Waals surface area contributed by atoms with Gasteiger partial charge in [0.25, 0.3) is 0 Å². The molecule has 0 amide bonds. The first-order chi connectivity index (χ1) is 9.41. The maximum absolute atomic E-state index is 2.35. The summed E-state index contributed by atoms with van der Waals surface area (Å²) in [7, 11) is 7.78. The van der Waals surface area contributed by atoms with Crippen molar-refractivity contribution >= 4 is 41.2 Å². The lowest BCUT2D eigenvalue weighted by molar-refractivity contribution is 0.796. The van der Waals surface area contributed by atoms with Crippen LogP contribution in [0, 0.1) is 0 Å². The Balaban J connectivity index is 1.72. The van der Waals surface area contributed by atoms with Gasteiger partial charge in [-0.2, -0.15) is 0 Å². The molecule has 0 saturated heterocycles. The van der Waals surface area contributed by atoms with Crippen LogP contribution in [-0.4, -0.2) is 9.49 Å². The average Bonchev–Trinajstić information content (AvgIpc) is 2.43. The fourth-order valence-electron chi connectivity index (χ4n) is 1.92. The lowest BCUT2D eigenvalue weighted by atomic mass is 9.98. The smallest absolute Gasteiger partial charge is 0.0460 e. The van der Waals surface area contributed by atoms with Crippen LogP contribution in [0.1, 0.15) is 40.5 Å². The van der Waals surface area contributed by atoms with Gasteiger partial charge >= 0.3 is 0 Å². The van der Waals surface area contributed by atoms with Gasteiger partial charge in [-0.15, -0.1) is 0 Å². The normalized spacial score (nSPS) is 33.0. The number of hydrogen-bond donors (Lipinski definition) is 0. The molecule has 0 spiro atoms. The van der Waals surface area contributed by atoms with Gasteiger partial charge in [0.15, 0.2) is 0 Å². The molecule has 2 rings (SSSR count). The van der Waals surface area contributed by atoms with Crippen LogP contribution in [0.5, 0.6) is 0 Å². The second-order valence-electron chi connectivity index (χ2n) is 5.90. The molecule has 0 saturated carbocycles. The fourth-order valence-corrected chi connectivity index (χ4v) is 9.48. The van der Waals surface area contributed by atoms with Gasteiger partial charge in [-0.25, -0.2) is 0 Å². The summed E-state index contributed by atoms with van der Waals surface area (Å²) >= 11 is 0. The minimum Gasteiger partial charge on any atom is -0.0799 e. The SMILES string of the molecule is CC1=CCC(C)(SSSSC2(C)C=CC(C)=CC2)C=C1. The van der Waals surface area contributed by atoms with Crippen LogP contribution >= 0.6 is 41.2 Å². The highest BCUT2D eigenvalue weighted by Crippen LogP contribution is 2.55. The summed E-state index contributed by atoms with van der Waals surface area (Å²) in [4.78, 5) is 0. The summed E-state index contributed by atoms with van der Waals surface area (Å²) in [5.41, 5.74) is 2.77. The molecule has 0 aromatic carbocycles.